The highest BCUT2D eigenvalue weighted by atomic mass is 16.5. The van der Waals surface area contributed by atoms with Crippen LogP contribution in [0.15, 0.2) is 45.5 Å². The number of nitrogens with zero attached hydrogens (tertiary/aromatic N) is 5. The van der Waals surface area contributed by atoms with Crippen LogP contribution in [0.1, 0.15) is 30.1 Å². The van der Waals surface area contributed by atoms with Crippen molar-refractivity contribution in [3.63, 3.8) is 0 Å². The van der Waals surface area contributed by atoms with E-state index in [0.717, 1.165) is 5.76 Å². The van der Waals surface area contributed by atoms with Crippen molar-refractivity contribution in [3.8, 4) is 11.5 Å². The fourth-order valence-electron chi connectivity index (χ4n) is 2.68. The number of nitrogens with one attached hydrogen (secondary N) is 1. The van der Waals surface area contributed by atoms with E-state index < -0.39 is 0 Å². The summed E-state index contributed by atoms with van der Waals surface area (Å²) in [5.41, 5.74) is 1.27. The number of fused-ring (bicyclic) bond motifs is 1. The summed E-state index contributed by atoms with van der Waals surface area (Å²) >= 11 is 0. The van der Waals surface area contributed by atoms with Crippen molar-refractivity contribution in [1.82, 2.24) is 30.1 Å². The van der Waals surface area contributed by atoms with E-state index >= 15 is 0 Å². The van der Waals surface area contributed by atoms with Gasteiger partial charge in [-0.25, -0.2) is 0 Å². The van der Waals surface area contributed by atoms with Gasteiger partial charge in [0.2, 0.25) is 5.91 Å². The third kappa shape index (κ3) is 3.54. The van der Waals surface area contributed by atoms with E-state index in [2.05, 4.69) is 25.7 Å². The number of carbonyl (C=O) groups is 1. The maximum Gasteiger partial charge on any atom is 0.261 e. The summed E-state index contributed by atoms with van der Waals surface area (Å²) in [6.07, 6.45) is 5.53. The molecule has 4 aromatic rings. The molecular formula is C19H18N6O3. The molecule has 0 aromatic carbocycles. The molecule has 1 N–H and O–H groups in total. The van der Waals surface area contributed by atoms with Crippen molar-refractivity contribution in [1.29, 1.82) is 0 Å². The molecule has 0 unspecified atom stereocenters. The van der Waals surface area contributed by atoms with Crippen LogP contribution in [-0.2, 0) is 17.8 Å². The SMILES string of the molecule is CCc1noc(-c2cccn3c(CNC(=O)/C=C/c4ccc(C)o4)nnc23)n1. The number of carbonyl (C=O) groups excluding carboxylic acids is 1. The third-order valence-electron chi connectivity index (χ3n) is 4.10. The summed E-state index contributed by atoms with van der Waals surface area (Å²) in [5, 5.41) is 15.1. The highest BCUT2D eigenvalue weighted by Crippen LogP contribution is 2.22. The molecule has 28 heavy (non-hydrogen) atoms. The van der Waals surface area contributed by atoms with Gasteiger partial charge in [-0.1, -0.05) is 12.1 Å². The third-order valence-corrected chi connectivity index (χ3v) is 4.10. The molecule has 0 aliphatic carbocycles. The zero-order chi connectivity index (χ0) is 19.5. The lowest BCUT2D eigenvalue weighted by Crippen LogP contribution is -2.21. The van der Waals surface area contributed by atoms with Gasteiger partial charge in [0, 0.05) is 18.7 Å². The maximum atomic E-state index is 12.0. The van der Waals surface area contributed by atoms with Gasteiger partial charge in [0.15, 0.2) is 17.3 Å². The molecule has 142 valence electrons. The number of aryl methyl sites for hydroxylation is 2. The zero-order valence-electron chi connectivity index (χ0n) is 15.4. The largest absolute Gasteiger partial charge is 0.462 e. The minimum absolute atomic E-state index is 0.217. The van der Waals surface area contributed by atoms with Crippen molar-refractivity contribution in [2.75, 3.05) is 0 Å². The first kappa shape index (κ1) is 17.7. The first-order valence-corrected chi connectivity index (χ1v) is 8.82. The molecular weight excluding hydrogens is 360 g/mol. The van der Waals surface area contributed by atoms with Crippen LogP contribution in [0.4, 0.5) is 0 Å². The summed E-state index contributed by atoms with van der Waals surface area (Å²) in [4.78, 5) is 16.4. The van der Waals surface area contributed by atoms with Crippen LogP contribution >= 0.6 is 0 Å². The lowest BCUT2D eigenvalue weighted by molar-refractivity contribution is -0.116. The second-order valence-corrected chi connectivity index (χ2v) is 6.10. The van der Waals surface area contributed by atoms with E-state index in [4.69, 9.17) is 8.94 Å². The van der Waals surface area contributed by atoms with Crippen molar-refractivity contribution in [2.24, 2.45) is 0 Å². The topological polar surface area (TPSA) is 111 Å². The second-order valence-electron chi connectivity index (χ2n) is 6.10. The number of hydrogen-bond donors (Lipinski definition) is 1. The fraction of sp³-hybridized carbons (Fsp3) is 0.211. The average molecular weight is 378 g/mol. The molecule has 0 aliphatic heterocycles. The molecule has 0 saturated heterocycles. The van der Waals surface area contributed by atoms with Gasteiger partial charge >= 0.3 is 0 Å². The monoisotopic (exact) mass is 378 g/mol. The van der Waals surface area contributed by atoms with Crippen molar-refractivity contribution < 1.29 is 13.7 Å². The molecule has 0 bridgehead atoms. The molecule has 0 atom stereocenters. The molecule has 1 amide bonds. The van der Waals surface area contributed by atoms with E-state index in [1.54, 1.807) is 16.5 Å². The molecule has 0 fully saturated rings. The number of rotatable bonds is 6. The summed E-state index contributed by atoms with van der Waals surface area (Å²) in [6, 6.07) is 7.32. The molecule has 4 rings (SSSR count). The van der Waals surface area contributed by atoms with E-state index in [1.807, 2.05) is 38.2 Å². The van der Waals surface area contributed by atoms with Crippen molar-refractivity contribution in [2.45, 2.75) is 26.8 Å². The van der Waals surface area contributed by atoms with Gasteiger partial charge in [-0.15, -0.1) is 10.2 Å². The summed E-state index contributed by atoms with van der Waals surface area (Å²) < 4.78 is 12.5. The Balaban J connectivity index is 1.49. The van der Waals surface area contributed by atoms with Crippen LogP contribution < -0.4 is 5.32 Å². The van der Waals surface area contributed by atoms with Crippen LogP contribution in [0.3, 0.4) is 0 Å². The molecule has 4 aromatic heterocycles. The van der Waals surface area contributed by atoms with Gasteiger partial charge < -0.3 is 14.3 Å². The van der Waals surface area contributed by atoms with Crippen molar-refractivity contribution in [3.05, 3.63) is 59.7 Å². The normalized spacial score (nSPS) is 11.5. The molecule has 9 heteroatoms. The van der Waals surface area contributed by atoms with Crippen LogP contribution in [-0.4, -0.2) is 30.6 Å². The number of hydrogen-bond acceptors (Lipinski definition) is 7. The van der Waals surface area contributed by atoms with Crippen LogP contribution in [0.2, 0.25) is 0 Å². The smallest absolute Gasteiger partial charge is 0.261 e. The van der Waals surface area contributed by atoms with Gasteiger partial charge in [0.05, 0.1) is 12.1 Å². The summed E-state index contributed by atoms with van der Waals surface area (Å²) in [5.74, 6) is 2.76. The second kappa shape index (κ2) is 7.47. The van der Waals surface area contributed by atoms with E-state index in [0.29, 0.717) is 40.9 Å². The molecule has 0 saturated carbocycles. The molecule has 0 radical (unpaired) electrons. The van der Waals surface area contributed by atoms with E-state index in [1.165, 1.54) is 6.08 Å². The quantitative estimate of drug-likeness (QED) is 0.513. The molecule has 9 nitrogen and oxygen atoms in total. The van der Waals surface area contributed by atoms with Gasteiger partial charge in [-0.3, -0.25) is 9.20 Å². The van der Waals surface area contributed by atoms with Crippen molar-refractivity contribution >= 4 is 17.6 Å². The average Bonchev–Trinajstić information content (AvgIpc) is 3.44. The van der Waals surface area contributed by atoms with Crippen LogP contribution in [0.25, 0.3) is 23.2 Å². The Hall–Kier alpha value is -3.75. The highest BCUT2D eigenvalue weighted by molar-refractivity contribution is 5.91. The van der Waals surface area contributed by atoms with Crippen LogP contribution in [0.5, 0.6) is 0 Å². The van der Waals surface area contributed by atoms with Gasteiger partial charge in [-0.05, 0) is 37.3 Å². The number of aromatic nitrogens is 5. The lowest BCUT2D eigenvalue weighted by atomic mass is 10.2. The fourth-order valence-corrected chi connectivity index (χ4v) is 2.68. The predicted molar refractivity (Wildman–Crippen MR) is 100.0 cm³/mol. The zero-order valence-corrected chi connectivity index (χ0v) is 15.4. The Labute approximate surface area is 160 Å². The summed E-state index contributed by atoms with van der Waals surface area (Å²) in [6.45, 7) is 4.02. The predicted octanol–water partition coefficient (Wildman–Crippen LogP) is 2.57. The van der Waals surface area contributed by atoms with E-state index in [9.17, 15) is 4.79 Å². The number of pyridine rings is 1. The Morgan fingerprint density at radius 1 is 1.29 bits per heavy atom. The Morgan fingerprint density at radius 2 is 2.18 bits per heavy atom. The molecule has 4 heterocycles. The highest BCUT2D eigenvalue weighted by Gasteiger charge is 2.15. The minimum atomic E-state index is -0.258. The Morgan fingerprint density at radius 3 is 2.93 bits per heavy atom. The molecule has 0 spiro atoms. The van der Waals surface area contributed by atoms with E-state index in [-0.39, 0.29) is 12.5 Å². The maximum absolute atomic E-state index is 12.0. The lowest BCUT2D eigenvalue weighted by Gasteiger charge is -2.02. The molecule has 0 aliphatic rings. The standard InChI is InChI=1S/C19H18N6O3/c1-3-15-21-19(28-24-15)14-5-4-10-25-16(22-23-18(14)25)11-20-17(26)9-8-13-7-6-12(2)27-13/h4-10H,3,11H2,1-2H3,(H,20,26)/b9-8+. The Bertz CT molecular complexity index is 1150. The summed E-state index contributed by atoms with van der Waals surface area (Å²) in [7, 11) is 0. The van der Waals surface area contributed by atoms with Gasteiger partial charge in [0.25, 0.3) is 5.89 Å². The Kier molecular flexibility index (Phi) is 4.71. The minimum Gasteiger partial charge on any atom is -0.462 e. The first-order chi connectivity index (χ1) is 13.6. The van der Waals surface area contributed by atoms with Gasteiger partial charge in [-0.2, -0.15) is 4.98 Å². The number of amides is 1. The van der Waals surface area contributed by atoms with Gasteiger partial charge in [0.1, 0.15) is 11.5 Å². The van der Waals surface area contributed by atoms with Crippen LogP contribution in [0, 0.1) is 6.92 Å². The number of furan rings is 1. The first-order valence-electron chi connectivity index (χ1n) is 8.82.